The maximum Gasteiger partial charge on any atom is 0.251 e. The number of halogens is 1. The third-order valence-electron chi connectivity index (χ3n) is 3.86. The van der Waals surface area contributed by atoms with E-state index in [1.807, 2.05) is 25.1 Å². The van der Waals surface area contributed by atoms with Gasteiger partial charge in [-0.2, -0.15) is 0 Å². The van der Waals surface area contributed by atoms with E-state index >= 15 is 0 Å². The molecule has 1 amide bonds. The zero-order valence-electron chi connectivity index (χ0n) is 14.4. The second-order valence-electron chi connectivity index (χ2n) is 5.80. The molecule has 0 aliphatic heterocycles. The minimum Gasteiger partial charge on any atom is -0.345 e. The molecule has 1 unspecified atom stereocenters. The molecule has 0 saturated carbocycles. The number of amides is 1. The molecule has 1 N–H and O–H groups in total. The van der Waals surface area contributed by atoms with E-state index in [2.05, 4.69) is 5.32 Å². The lowest BCUT2D eigenvalue weighted by Gasteiger charge is -2.18. The van der Waals surface area contributed by atoms with Crippen molar-refractivity contribution in [1.29, 1.82) is 0 Å². The molecule has 134 valence electrons. The second-order valence-corrected chi connectivity index (χ2v) is 8.39. The van der Waals surface area contributed by atoms with E-state index in [-0.39, 0.29) is 16.8 Å². The van der Waals surface area contributed by atoms with Crippen molar-refractivity contribution in [3.63, 3.8) is 0 Å². The summed E-state index contributed by atoms with van der Waals surface area (Å²) in [7, 11) is -0.578. The smallest absolute Gasteiger partial charge is 0.251 e. The average Bonchev–Trinajstić information content (AvgIpc) is 2.59. The Kier molecular flexibility index (Phi) is 6.21. The van der Waals surface area contributed by atoms with Gasteiger partial charge >= 0.3 is 0 Å². The van der Waals surface area contributed by atoms with Crippen LogP contribution in [0.1, 0.15) is 35.3 Å². The fraction of sp³-hybridized carbons (Fsp3) is 0.278. The maximum absolute atomic E-state index is 12.5. The summed E-state index contributed by atoms with van der Waals surface area (Å²) in [5.74, 6) is -0.263. The molecule has 25 heavy (non-hydrogen) atoms. The van der Waals surface area contributed by atoms with Crippen molar-refractivity contribution in [3.8, 4) is 0 Å². The number of hydrogen-bond donors (Lipinski definition) is 1. The van der Waals surface area contributed by atoms with Crippen LogP contribution in [0, 0.1) is 0 Å². The summed E-state index contributed by atoms with van der Waals surface area (Å²) in [5.41, 5.74) is 1.33. The molecule has 0 aromatic heterocycles. The van der Waals surface area contributed by atoms with Crippen LogP contribution in [0.25, 0.3) is 0 Å². The van der Waals surface area contributed by atoms with E-state index in [4.69, 9.17) is 11.6 Å². The van der Waals surface area contributed by atoms with Crippen LogP contribution in [0.3, 0.4) is 0 Å². The molecule has 0 radical (unpaired) electrons. The molecule has 5 nitrogen and oxygen atoms in total. The number of sulfonamides is 1. The quantitative estimate of drug-likeness (QED) is 0.834. The first kappa shape index (κ1) is 19.4. The van der Waals surface area contributed by atoms with Crippen molar-refractivity contribution >= 4 is 27.5 Å². The van der Waals surface area contributed by atoms with E-state index in [0.717, 1.165) is 9.87 Å². The van der Waals surface area contributed by atoms with E-state index in [1.165, 1.54) is 38.4 Å². The molecule has 0 saturated heterocycles. The fourth-order valence-corrected chi connectivity index (χ4v) is 3.48. The number of nitrogens with one attached hydrogen (secondary N) is 1. The second kappa shape index (κ2) is 7.99. The summed E-state index contributed by atoms with van der Waals surface area (Å²) in [4.78, 5) is 12.6. The van der Waals surface area contributed by atoms with Crippen molar-refractivity contribution in [3.05, 3.63) is 64.7 Å². The lowest BCUT2D eigenvalue weighted by atomic mass is 10.0. The van der Waals surface area contributed by atoms with E-state index in [1.54, 1.807) is 6.07 Å². The van der Waals surface area contributed by atoms with Gasteiger partial charge in [0.15, 0.2) is 0 Å². The normalized spacial score (nSPS) is 12.8. The average molecular weight is 381 g/mol. The van der Waals surface area contributed by atoms with Gasteiger partial charge in [0, 0.05) is 24.7 Å². The maximum atomic E-state index is 12.5. The lowest BCUT2D eigenvalue weighted by molar-refractivity contribution is 0.0935. The predicted molar refractivity (Wildman–Crippen MR) is 99.3 cm³/mol. The van der Waals surface area contributed by atoms with Crippen LogP contribution in [0.2, 0.25) is 5.02 Å². The molecule has 0 bridgehead atoms. The Morgan fingerprint density at radius 2 is 1.80 bits per heavy atom. The monoisotopic (exact) mass is 380 g/mol. The summed E-state index contributed by atoms with van der Waals surface area (Å²) in [6, 6.07) is 13.1. The van der Waals surface area contributed by atoms with Gasteiger partial charge in [-0.05, 0) is 48.4 Å². The Morgan fingerprint density at radius 1 is 1.16 bits per heavy atom. The zero-order chi connectivity index (χ0) is 18.6. The number of benzene rings is 2. The molecule has 7 heteroatoms. The van der Waals surface area contributed by atoms with E-state index in [0.29, 0.717) is 17.0 Å². The molecule has 0 spiro atoms. The molecule has 0 fully saturated rings. The van der Waals surface area contributed by atoms with Gasteiger partial charge < -0.3 is 5.32 Å². The zero-order valence-corrected chi connectivity index (χ0v) is 15.9. The van der Waals surface area contributed by atoms with E-state index < -0.39 is 10.0 Å². The molecule has 2 aromatic rings. The minimum atomic E-state index is -3.51. The predicted octanol–water partition coefficient (Wildman–Crippen LogP) is 3.47. The van der Waals surface area contributed by atoms with Crippen LogP contribution >= 0.6 is 11.6 Å². The van der Waals surface area contributed by atoms with Crippen LogP contribution < -0.4 is 5.32 Å². The van der Waals surface area contributed by atoms with Crippen molar-refractivity contribution in [2.24, 2.45) is 0 Å². The van der Waals surface area contributed by atoms with Crippen LogP contribution in [-0.2, 0) is 10.0 Å². The van der Waals surface area contributed by atoms with Crippen molar-refractivity contribution in [1.82, 2.24) is 9.62 Å². The first-order valence-electron chi connectivity index (χ1n) is 7.84. The molecule has 0 aliphatic rings. The van der Waals surface area contributed by atoms with Gasteiger partial charge in [-0.25, -0.2) is 12.7 Å². The number of nitrogens with zero attached hydrogens (tertiary/aromatic N) is 1. The summed E-state index contributed by atoms with van der Waals surface area (Å²) < 4.78 is 25.3. The Hall–Kier alpha value is -1.89. The standard InChI is InChI=1S/C18H21ClN2O3S/c1-4-17(14-6-5-7-15(19)12-14)20-18(22)13-8-10-16(11-9-13)25(23,24)21(2)3/h5-12,17H,4H2,1-3H3,(H,20,22). The van der Waals surface area contributed by atoms with Crippen LogP contribution in [-0.4, -0.2) is 32.7 Å². The first-order valence-corrected chi connectivity index (χ1v) is 9.66. The highest BCUT2D eigenvalue weighted by atomic mass is 35.5. The van der Waals surface area contributed by atoms with Crippen molar-refractivity contribution in [2.45, 2.75) is 24.3 Å². The fourth-order valence-electron chi connectivity index (χ4n) is 2.38. The Labute approximate surface area is 153 Å². The van der Waals surface area contributed by atoms with Gasteiger partial charge in [-0.1, -0.05) is 30.7 Å². The van der Waals surface area contributed by atoms with Crippen molar-refractivity contribution in [2.75, 3.05) is 14.1 Å². The Bertz CT molecular complexity index is 849. The number of carbonyl (C=O) groups excluding carboxylic acids is 1. The van der Waals surface area contributed by atoms with Crippen LogP contribution in [0.4, 0.5) is 0 Å². The topological polar surface area (TPSA) is 66.5 Å². The minimum absolute atomic E-state index is 0.149. The highest BCUT2D eigenvalue weighted by Crippen LogP contribution is 2.21. The number of carbonyl (C=O) groups is 1. The van der Waals surface area contributed by atoms with Gasteiger partial charge in [0.2, 0.25) is 10.0 Å². The molecule has 1 atom stereocenters. The molecule has 2 rings (SSSR count). The van der Waals surface area contributed by atoms with Gasteiger partial charge in [0.05, 0.1) is 10.9 Å². The largest absolute Gasteiger partial charge is 0.345 e. The molecular weight excluding hydrogens is 360 g/mol. The lowest BCUT2D eigenvalue weighted by Crippen LogP contribution is -2.28. The van der Waals surface area contributed by atoms with Gasteiger partial charge in [-0.3, -0.25) is 4.79 Å². The van der Waals surface area contributed by atoms with Crippen molar-refractivity contribution < 1.29 is 13.2 Å². The summed E-state index contributed by atoms with van der Waals surface area (Å²) in [5, 5.41) is 3.56. The van der Waals surface area contributed by atoms with Gasteiger partial charge in [0.1, 0.15) is 0 Å². The third kappa shape index (κ3) is 4.60. The summed E-state index contributed by atoms with van der Waals surface area (Å²) in [6.45, 7) is 1.97. The first-order chi connectivity index (χ1) is 11.8. The van der Waals surface area contributed by atoms with E-state index in [9.17, 15) is 13.2 Å². The number of hydrogen-bond acceptors (Lipinski definition) is 3. The molecular formula is C18H21ClN2O3S. The molecule has 0 heterocycles. The SMILES string of the molecule is CCC(NC(=O)c1ccc(S(=O)(=O)N(C)C)cc1)c1cccc(Cl)c1. The van der Waals surface area contributed by atoms with Gasteiger partial charge in [-0.15, -0.1) is 0 Å². The van der Waals surface area contributed by atoms with Crippen LogP contribution in [0.5, 0.6) is 0 Å². The third-order valence-corrected chi connectivity index (χ3v) is 5.92. The Morgan fingerprint density at radius 3 is 2.32 bits per heavy atom. The number of rotatable bonds is 6. The highest BCUT2D eigenvalue weighted by Gasteiger charge is 2.19. The molecule has 2 aromatic carbocycles. The molecule has 0 aliphatic carbocycles. The highest BCUT2D eigenvalue weighted by molar-refractivity contribution is 7.89. The Balaban J connectivity index is 2.17. The van der Waals surface area contributed by atoms with Gasteiger partial charge in [0.25, 0.3) is 5.91 Å². The van der Waals surface area contributed by atoms with Crippen LogP contribution in [0.15, 0.2) is 53.4 Å². The summed E-state index contributed by atoms with van der Waals surface area (Å²) >= 11 is 6.01. The summed E-state index contributed by atoms with van der Waals surface area (Å²) in [6.07, 6.45) is 0.708.